The molecule has 23 heavy (non-hydrogen) atoms. The monoisotopic (exact) mass is 328 g/mol. The smallest absolute Gasteiger partial charge is 0.264 e. The number of amides is 1. The van der Waals surface area contributed by atoms with E-state index in [-0.39, 0.29) is 5.91 Å². The lowest BCUT2D eigenvalue weighted by Crippen LogP contribution is -2.48. The van der Waals surface area contributed by atoms with Gasteiger partial charge in [-0.3, -0.25) is 4.79 Å². The molecule has 0 spiro atoms. The summed E-state index contributed by atoms with van der Waals surface area (Å²) < 4.78 is 0. The van der Waals surface area contributed by atoms with Crippen molar-refractivity contribution in [2.45, 2.75) is 27.2 Å². The van der Waals surface area contributed by atoms with Gasteiger partial charge in [0, 0.05) is 36.7 Å². The lowest BCUT2D eigenvalue weighted by Gasteiger charge is -2.36. The van der Waals surface area contributed by atoms with Crippen molar-refractivity contribution in [3.05, 3.63) is 51.2 Å². The van der Waals surface area contributed by atoms with Crippen molar-refractivity contribution < 1.29 is 4.79 Å². The summed E-state index contributed by atoms with van der Waals surface area (Å²) in [6, 6.07) is 10.7. The molecular formula is C19H24N2OS. The van der Waals surface area contributed by atoms with Gasteiger partial charge in [-0.2, -0.15) is 0 Å². The Hall–Kier alpha value is -1.81. The fraction of sp³-hybridized carbons (Fsp3) is 0.421. The Bertz CT molecular complexity index is 699. The summed E-state index contributed by atoms with van der Waals surface area (Å²) in [6.45, 7) is 9.77. The topological polar surface area (TPSA) is 23.6 Å². The quantitative estimate of drug-likeness (QED) is 0.853. The summed E-state index contributed by atoms with van der Waals surface area (Å²) in [5.41, 5.74) is 3.84. The summed E-state index contributed by atoms with van der Waals surface area (Å²) in [6.07, 6.45) is 0.997. The first kappa shape index (κ1) is 16.1. The van der Waals surface area contributed by atoms with E-state index < -0.39 is 0 Å². The molecule has 1 aliphatic rings. The van der Waals surface area contributed by atoms with Gasteiger partial charge in [0.2, 0.25) is 0 Å². The molecule has 2 heterocycles. The van der Waals surface area contributed by atoms with E-state index in [1.165, 1.54) is 21.7 Å². The molecule has 0 bridgehead atoms. The van der Waals surface area contributed by atoms with E-state index in [1.54, 1.807) is 11.3 Å². The molecule has 1 aliphatic heterocycles. The lowest BCUT2D eigenvalue weighted by molar-refractivity contribution is 0.0751. The van der Waals surface area contributed by atoms with Gasteiger partial charge in [-0.05, 0) is 49.6 Å². The van der Waals surface area contributed by atoms with Crippen LogP contribution in [0.3, 0.4) is 0 Å². The zero-order chi connectivity index (χ0) is 16.4. The number of hydrogen-bond donors (Lipinski definition) is 0. The molecule has 0 radical (unpaired) electrons. The third-order valence-corrected chi connectivity index (χ3v) is 5.63. The zero-order valence-electron chi connectivity index (χ0n) is 14.1. The Morgan fingerprint density at radius 1 is 1.13 bits per heavy atom. The molecule has 0 aliphatic carbocycles. The van der Waals surface area contributed by atoms with Crippen molar-refractivity contribution in [1.82, 2.24) is 4.90 Å². The van der Waals surface area contributed by atoms with Crippen molar-refractivity contribution in [3.63, 3.8) is 0 Å². The van der Waals surface area contributed by atoms with Crippen molar-refractivity contribution in [3.8, 4) is 0 Å². The van der Waals surface area contributed by atoms with Gasteiger partial charge in [-0.25, -0.2) is 0 Å². The highest BCUT2D eigenvalue weighted by atomic mass is 32.1. The predicted molar refractivity (Wildman–Crippen MR) is 97.7 cm³/mol. The Labute approximate surface area is 142 Å². The lowest BCUT2D eigenvalue weighted by atomic mass is 10.2. The molecule has 3 nitrogen and oxygen atoms in total. The van der Waals surface area contributed by atoms with Gasteiger partial charge in [0.25, 0.3) is 5.91 Å². The number of carbonyl (C=O) groups is 1. The highest BCUT2D eigenvalue weighted by molar-refractivity contribution is 7.14. The predicted octanol–water partition coefficient (Wildman–Crippen LogP) is 3.89. The normalized spacial score (nSPS) is 15.1. The maximum absolute atomic E-state index is 12.7. The van der Waals surface area contributed by atoms with E-state index in [0.29, 0.717) is 0 Å². The Morgan fingerprint density at radius 3 is 2.48 bits per heavy atom. The number of thiophene rings is 1. The molecule has 122 valence electrons. The summed E-state index contributed by atoms with van der Waals surface area (Å²) in [5.74, 6) is 0.196. The zero-order valence-corrected chi connectivity index (χ0v) is 14.9. The molecule has 2 aromatic rings. The maximum Gasteiger partial charge on any atom is 0.264 e. The highest BCUT2D eigenvalue weighted by Crippen LogP contribution is 2.24. The van der Waals surface area contributed by atoms with Gasteiger partial charge in [-0.15, -0.1) is 11.3 Å². The van der Waals surface area contributed by atoms with Crippen LogP contribution in [-0.4, -0.2) is 37.0 Å². The second-order valence-corrected chi connectivity index (χ2v) is 7.42. The van der Waals surface area contributed by atoms with Crippen LogP contribution in [0, 0.1) is 13.8 Å². The third kappa shape index (κ3) is 3.42. The van der Waals surface area contributed by atoms with Crippen LogP contribution in [0.25, 0.3) is 0 Å². The molecule has 1 saturated heterocycles. The third-order valence-electron chi connectivity index (χ3n) is 4.55. The number of nitrogens with zero attached hydrogens (tertiary/aromatic N) is 2. The molecule has 1 fully saturated rings. The minimum atomic E-state index is 0.196. The summed E-state index contributed by atoms with van der Waals surface area (Å²) >= 11 is 1.64. The number of benzene rings is 1. The number of piperazine rings is 1. The first-order chi connectivity index (χ1) is 11.1. The maximum atomic E-state index is 12.7. The number of anilines is 1. The molecule has 0 saturated carbocycles. The fourth-order valence-corrected chi connectivity index (χ4v) is 4.21. The van der Waals surface area contributed by atoms with E-state index in [0.717, 1.165) is 37.5 Å². The molecule has 0 atom stereocenters. The van der Waals surface area contributed by atoms with Crippen LogP contribution in [0.5, 0.6) is 0 Å². The van der Waals surface area contributed by atoms with E-state index >= 15 is 0 Å². The number of hydrogen-bond acceptors (Lipinski definition) is 3. The van der Waals surface area contributed by atoms with Crippen molar-refractivity contribution in [2.75, 3.05) is 31.1 Å². The molecule has 4 heteroatoms. The molecule has 1 aromatic carbocycles. The fourth-order valence-electron chi connectivity index (χ4n) is 3.12. The molecule has 3 rings (SSSR count). The standard InChI is InChI=1S/C19H24N2OS/c1-4-16-13-18(23-15(16)3)19(22)21-10-8-20(9-11-21)17-7-5-6-14(2)12-17/h5-7,12-13H,4,8-11H2,1-3H3. The van der Waals surface area contributed by atoms with Gasteiger partial charge in [0.05, 0.1) is 4.88 Å². The van der Waals surface area contributed by atoms with Gasteiger partial charge in [0.1, 0.15) is 0 Å². The van der Waals surface area contributed by atoms with Crippen LogP contribution >= 0.6 is 11.3 Å². The first-order valence-corrected chi connectivity index (χ1v) is 9.10. The molecule has 0 N–H and O–H groups in total. The highest BCUT2D eigenvalue weighted by Gasteiger charge is 2.23. The summed E-state index contributed by atoms with van der Waals surface area (Å²) in [5, 5.41) is 0. The molecule has 0 unspecified atom stereocenters. The first-order valence-electron chi connectivity index (χ1n) is 8.28. The van der Waals surface area contributed by atoms with Crippen LogP contribution in [0.4, 0.5) is 5.69 Å². The second kappa shape index (κ2) is 6.75. The Morgan fingerprint density at radius 2 is 1.87 bits per heavy atom. The second-order valence-electron chi connectivity index (χ2n) is 6.16. The number of rotatable bonds is 3. The van der Waals surface area contributed by atoms with Gasteiger partial charge in [-0.1, -0.05) is 19.1 Å². The van der Waals surface area contributed by atoms with Crippen molar-refractivity contribution in [2.24, 2.45) is 0 Å². The largest absolute Gasteiger partial charge is 0.368 e. The van der Waals surface area contributed by atoms with Crippen LogP contribution in [0.2, 0.25) is 0 Å². The molecule has 1 aromatic heterocycles. The summed E-state index contributed by atoms with van der Waals surface area (Å²) in [4.78, 5) is 19.2. The van der Waals surface area contributed by atoms with E-state index in [2.05, 4.69) is 56.0 Å². The average molecular weight is 328 g/mol. The van der Waals surface area contributed by atoms with E-state index in [4.69, 9.17) is 0 Å². The summed E-state index contributed by atoms with van der Waals surface area (Å²) in [7, 11) is 0. The van der Waals surface area contributed by atoms with Crippen LogP contribution in [0.1, 0.15) is 32.6 Å². The van der Waals surface area contributed by atoms with E-state index in [9.17, 15) is 4.79 Å². The van der Waals surface area contributed by atoms with Crippen LogP contribution in [-0.2, 0) is 6.42 Å². The molecular weight excluding hydrogens is 304 g/mol. The minimum absolute atomic E-state index is 0.196. The van der Waals surface area contributed by atoms with Crippen molar-refractivity contribution >= 4 is 22.9 Å². The Kier molecular flexibility index (Phi) is 4.71. The van der Waals surface area contributed by atoms with Gasteiger partial charge >= 0.3 is 0 Å². The van der Waals surface area contributed by atoms with Gasteiger partial charge < -0.3 is 9.80 Å². The van der Waals surface area contributed by atoms with Gasteiger partial charge in [0.15, 0.2) is 0 Å². The average Bonchev–Trinajstić information content (AvgIpc) is 2.95. The minimum Gasteiger partial charge on any atom is -0.368 e. The number of aryl methyl sites for hydroxylation is 3. The Balaban J connectivity index is 1.65. The SMILES string of the molecule is CCc1cc(C(=O)N2CCN(c3cccc(C)c3)CC2)sc1C. The van der Waals surface area contributed by atoms with Crippen LogP contribution in [0.15, 0.2) is 30.3 Å². The number of carbonyl (C=O) groups excluding carboxylic acids is 1. The van der Waals surface area contributed by atoms with Crippen molar-refractivity contribution in [1.29, 1.82) is 0 Å². The van der Waals surface area contributed by atoms with Crippen LogP contribution < -0.4 is 4.90 Å². The molecule has 1 amide bonds. The van der Waals surface area contributed by atoms with E-state index in [1.807, 2.05) is 4.90 Å².